The Morgan fingerprint density at radius 3 is 2.50 bits per heavy atom. The minimum absolute atomic E-state index is 0.0400. The third-order valence-electron chi connectivity index (χ3n) is 5.85. The van der Waals surface area contributed by atoms with E-state index in [4.69, 9.17) is 9.47 Å². The fraction of sp³-hybridized carbons (Fsp3) is 0.682. The maximum atomic E-state index is 14.1. The van der Waals surface area contributed by atoms with Crippen LogP contribution >= 0.6 is 0 Å². The van der Waals surface area contributed by atoms with E-state index in [-0.39, 0.29) is 24.6 Å². The Kier molecular flexibility index (Phi) is 8.35. The number of para-hydroxylation sites is 1. The van der Waals surface area contributed by atoms with Gasteiger partial charge < -0.3 is 19.3 Å². The van der Waals surface area contributed by atoms with Crippen LogP contribution in [0.4, 0.5) is 14.9 Å². The summed E-state index contributed by atoms with van der Waals surface area (Å²) in [6, 6.07) is 5.85. The van der Waals surface area contributed by atoms with Gasteiger partial charge in [0.05, 0.1) is 36.8 Å². The van der Waals surface area contributed by atoms with Crippen molar-refractivity contribution in [3.8, 4) is 0 Å². The largest absolute Gasteiger partial charge is 0.447 e. The van der Waals surface area contributed by atoms with Crippen molar-refractivity contribution in [1.82, 2.24) is 9.62 Å². The van der Waals surface area contributed by atoms with Crippen LogP contribution in [0.5, 0.6) is 0 Å². The first-order chi connectivity index (χ1) is 15.1. The molecule has 0 saturated carbocycles. The molecule has 1 N–H and O–H groups in total. The number of amides is 1. The topological polar surface area (TPSA) is 88.2 Å². The van der Waals surface area contributed by atoms with Crippen LogP contribution in [-0.4, -0.2) is 76.2 Å². The molecule has 2 aliphatic heterocycles. The molecule has 1 aromatic rings. The molecule has 1 amide bonds. The fourth-order valence-corrected chi connectivity index (χ4v) is 5.20. The number of sulfonamides is 1. The highest BCUT2D eigenvalue weighted by molar-refractivity contribution is 7.88. The van der Waals surface area contributed by atoms with Crippen LogP contribution in [0.25, 0.3) is 0 Å². The first kappa shape index (κ1) is 24.7. The van der Waals surface area contributed by atoms with Crippen molar-refractivity contribution >= 4 is 21.8 Å². The minimum Gasteiger partial charge on any atom is -0.447 e. The van der Waals surface area contributed by atoms with Gasteiger partial charge in [-0.1, -0.05) is 12.1 Å². The van der Waals surface area contributed by atoms with Gasteiger partial charge in [-0.25, -0.2) is 22.3 Å². The molecule has 0 radical (unpaired) electrons. The summed E-state index contributed by atoms with van der Waals surface area (Å²) in [5, 5.41) is 0. The SMILES string of the molecule is CC(C)OC(=O)N1CCC[C@H](NS(C)(=O)=O)[C@@H]1COC1CCN(c2ccccc2F)CC1. The summed E-state index contributed by atoms with van der Waals surface area (Å²) in [4.78, 5) is 16.2. The molecule has 180 valence electrons. The summed E-state index contributed by atoms with van der Waals surface area (Å²) < 4.78 is 52.0. The van der Waals surface area contributed by atoms with E-state index in [0.29, 0.717) is 38.2 Å². The Labute approximate surface area is 190 Å². The monoisotopic (exact) mass is 471 g/mol. The summed E-state index contributed by atoms with van der Waals surface area (Å²) in [7, 11) is -3.44. The lowest BCUT2D eigenvalue weighted by Gasteiger charge is -2.41. The van der Waals surface area contributed by atoms with E-state index >= 15 is 0 Å². The standard InChI is InChI=1S/C22H34FN3O5S/c1-16(2)31-22(27)26-12-6-8-19(24-32(3,28)29)21(26)15-30-17-10-13-25(14-11-17)20-9-5-4-7-18(20)23/h4-5,7,9,16-17,19,21,24H,6,8,10-15H2,1-3H3/t19-,21-/m0/s1. The third-order valence-corrected chi connectivity index (χ3v) is 6.58. The zero-order valence-corrected chi connectivity index (χ0v) is 19.8. The Morgan fingerprint density at radius 2 is 1.88 bits per heavy atom. The number of carbonyl (C=O) groups excluding carboxylic acids is 1. The molecule has 0 unspecified atom stereocenters. The second kappa shape index (κ2) is 10.8. The van der Waals surface area contributed by atoms with E-state index in [1.165, 1.54) is 6.07 Å². The van der Waals surface area contributed by atoms with Crippen LogP contribution < -0.4 is 9.62 Å². The van der Waals surface area contributed by atoms with Crippen molar-refractivity contribution in [2.75, 3.05) is 37.4 Å². The molecule has 2 atom stereocenters. The Morgan fingerprint density at radius 1 is 1.19 bits per heavy atom. The van der Waals surface area contributed by atoms with Gasteiger partial charge in [-0.3, -0.25) is 0 Å². The maximum Gasteiger partial charge on any atom is 0.410 e. The van der Waals surface area contributed by atoms with Crippen LogP contribution in [0.3, 0.4) is 0 Å². The van der Waals surface area contributed by atoms with Crippen molar-refractivity contribution in [2.45, 2.75) is 63.8 Å². The Hall–Kier alpha value is -1.91. The van der Waals surface area contributed by atoms with Gasteiger partial charge in [0, 0.05) is 25.7 Å². The number of carbonyl (C=O) groups is 1. The van der Waals surface area contributed by atoms with Crippen molar-refractivity contribution in [3.05, 3.63) is 30.1 Å². The molecule has 10 heteroatoms. The van der Waals surface area contributed by atoms with E-state index in [1.807, 2.05) is 11.0 Å². The van der Waals surface area contributed by atoms with Gasteiger partial charge >= 0.3 is 6.09 Å². The number of likely N-dealkylation sites (tertiary alicyclic amines) is 1. The van der Waals surface area contributed by atoms with E-state index in [9.17, 15) is 17.6 Å². The number of ether oxygens (including phenoxy) is 2. The summed E-state index contributed by atoms with van der Waals surface area (Å²) >= 11 is 0. The second-order valence-corrected chi connectivity index (χ2v) is 10.6. The zero-order chi connectivity index (χ0) is 23.3. The molecule has 0 aromatic heterocycles. The summed E-state index contributed by atoms with van der Waals surface area (Å²) in [5.74, 6) is -0.233. The van der Waals surface area contributed by atoms with Crippen LogP contribution in [0, 0.1) is 5.82 Å². The van der Waals surface area contributed by atoms with Crippen molar-refractivity contribution in [2.24, 2.45) is 0 Å². The fourth-order valence-electron chi connectivity index (χ4n) is 4.38. The molecule has 3 rings (SSSR count). The predicted molar refractivity (Wildman–Crippen MR) is 121 cm³/mol. The minimum atomic E-state index is -3.44. The van der Waals surface area contributed by atoms with Crippen LogP contribution in [-0.2, 0) is 19.5 Å². The molecule has 0 bridgehead atoms. The molecular weight excluding hydrogens is 437 g/mol. The predicted octanol–water partition coefficient (Wildman–Crippen LogP) is 2.74. The summed E-state index contributed by atoms with van der Waals surface area (Å²) in [6.45, 7) is 5.60. The van der Waals surface area contributed by atoms with Crippen molar-refractivity contribution < 1.29 is 27.1 Å². The van der Waals surface area contributed by atoms with E-state index in [1.54, 1.807) is 30.9 Å². The second-order valence-electron chi connectivity index (χ2n) is 8.80. The van der Waals surface area contributed by atoms with Gasteiger partial charge in [-0.05, 0) is 51.7 Å². The first-order valence-corrected chi connectivity index (χ1v) is 13.1. The number of nitrogens with one attached hydrogen (secondary N) is 1. The molecule has 2 fully saturated rings. The lowest BCUT2D eigenvalue weighted by Crippen LogP contribution is -2.59. The molecule has 8 nitrogen and oxygen atoms in total. The highest BCUT2D eigenvalue weighted by atomic mass is 32.2. The number of piperidine rings is 2. The molecule has 0 aliphatic carbocycles. The highest BCUT2D eigenvalue weighted by Crippen LogP contribution is 2.26. The molecule has 2 aliphatic rings. The Bertz CT molecular complexity index is 874. The van der Waals surface area contributed by atoms with E-state index in [2.05, 4.69) is 4.72 Å². The Balaban J connectivity index is 1.62. The molecular formula is C22H34FN3O5S. The van der Waals surface area contributed by atoms with Gasteiger partial charge in [-0.2, -0.15) is 0 Å². The average Bonchev–Trinajstić information content (AvgIpc) is 2.72. The molecule has 32 heavy (non-hydrogen) atoms. The van der Waals surface area contributed by atoms with Gasteiger partial charge in [-0.15, -0.1) is 0 Å². The molecule has 2 saturated heterocycles. The average molecular weight is 472 g/mol. The van der Waals surface area contributed by atoms with Gasteiger partial charge in [0.25, 0.3) is 0 Å². The quantitative estimate of drug-likeness (QED) is 0.658. The zero-order valence-electron chi connectivity index (χ0n) is 19.0. The van der Waals surface area contributed by atoms with Crippen molar-refractivity contribution in [3.63, 3.8) is 0 Å². The number of benzene rings is 1. The number of nitrogens with zero attached hydrogens (tertiary/aromatic N) is 2. The number of hydrogen-bond donors (Lipinski definition) is 1. The van der Waals surface area contributed by atoms with Crippen molar-refractivity contribution in [1.29, 1.82) is 0 Å². The smallest absolute Gasteiger partial charge is 0.410 e. The van der Waals surface area contributed by atoms with Crippen LogP contribution in [0.15, 0.2) is 24.3 Å². The van der Waals surface area contributed by atoms with Crippen LogP contribution in [0.2, 0.25) is 0 Å². The highest BCUT2D eigenvalue weighted by Gasteiger charge is 2.38. The van der Waals surface area contributed by atoms with Gasteiger partial charge in [0.15, 0.2) is 0 Å². The van der Waals surface area contributed by atoms with Gasteiger partial charge in [0.1, 0.15) is 5.82 Å². The normalized spacial score (nSPS) is 22.9. The lowest BCUT2D eigenvalue weighted by molar-refractivity contribution is -0.0240. The van der Waals surface area contributed by atoms with Crippen LogP contribution in [0.1, 0.15) is 39.5 Å². The summed E-state index contributed by atoms with van der Waals surface area (Å²) in [5.41, 5.74) is 0.596. The number of rotatable bonds is 7. The first-order valence-electron chi connectivity index (χ1n) is 11.2. The third kappa shape index (κ3) is 6.79. The van der Waals surface area contributed by atoms with Gasteiger partial charge in [0.2, 0.25) is 10.0 Å². The summed E-state index contributed by atoms with van der Waals surface area (Å²) in [6.07, 6.45) is 3.11. The molecule has 1 aromatic carbocycles. The number of anilines is 1. The molecule has 2 heterocycles. The maximum absolute atomic E-state index is 14.1. The van der Waals surface area contributed by atoms with E-state index in [0.717, 1.165) is 19.1 Å². The number of hydrogen-bond acceptors (Lipinski definition) is 6. The van der Waals surface area contributed by atoms with E-state index < -0.39 is 28.2 Å². The molecule has 0 spiro atoms. The number of halogens is 1. The lowest BCUT2D eigenvalue weighted by atomic mass is 9.97.